The number of aryl methyl sites for hydroxylation is 1. The van der Waals surface area contributed by atoms with Gasteiger partial charge in [-0.3, -0.25) is 0 Å². The van der Waals surface area contributed by atoms with E-state index in [1.165, 1.54) is 45.7 Å². The smallest absolute Gasteiger partial charge is 0.0349 e. The maximum absolute atomic E-state index is 2.44. The van der Waals surface area contributed by atoms with Gasteiger partial charge in [-0.1, -0.05) is 54.1 Å². The van der Waals surface area contributed by atoms with Crippen LogP contribution in [0.1, 0.15) is 29.7 Å². The summed E-state index contributed by atoms with van der Waals surface area (Å²) in [7, 11) is 0. The fourth-order valence-corrected chi connectivity index (χ4v) is 4.48. The summed E-state index contributed by atoms with van der Waals surface area (Å²) < 4.78 is 0. The van der Waals surface area contributed by atoms with Gasteiger partial charge in [-0.25, -0.2) is 0 Å². The van der Waals surface area contributed by atoms with Crippen molar-refractivity contribution in [2.75, 3.05) is 0 Å². The van der Waals surface area contributed by atoms with Crippen molar-refractivity contribution < 1.29 is 0 Å². The van der Waals surface area contributed by atoms with Crippen molar-refractivity contribution in [2.24, 2.45) is 5.92 Å². The molecule has 2 aliphatic carbocycles. The lowest BCUT2D eigenvalue weighted by Crippen LogP contribution is -2.11. The molecule has 2 aliphatic rings. The SMILES string of the molecule is Cc1ccc(-c2ccc(C3=CCCC4CC=CC=C34)s2)cc1. The number of thiophene rings is 1. The van der Waals surface area contributed by atoms with Crippen molar-refractivity contribution in [3.05, 3.63) is 76.7 Å². The molecular formula is C21H20S. The van der Waals surface area contributed by atoms with Crippen LogP contribution in [0.15, 0.2) is 66.3 Å². The van der Waals surface area contributed by atoms with Crippen molar-refractivity contribution in [1.29, 1.82) is 0 Å². The molecular weight excluding hydrogens is 284 g/mol. The van der Waals surface area contributed by atoms with Gasteiger partial charge in [-0.15, -0.1) is 11.3 Å². The van der Waals surface area contributed by atoms with Crippen LogP contribution in [0.5, 0.6) is 0 Å². The van der Waals surface area contributed by atoms with E-state index in [9.17, 15) is 0 Å². The molecule has 0 amide bonds. The molecule has 1 heteroatoms. The third-order valence-electron chi connectivity index (χ3n) is 4.65. The highest BCUT2D eigenvalue weighted by molar-refractivity contribution is 7.16. The van der Waals surface area contributed by atoms with Gasteiger partial charge in [0.25, 0.3) is 0 Å². The fourth-order valence-electron chi connectivity index (χ4n) is 3.41. The maximum atomic E-state index is 2.44. The Hall–Kier alpha value is -1.86. The standard InChI is InChI=1S/C21H20S/c1-15-9-11-17(12-10-15)20-13-14-21(22-20)19-8-4-6-16-5-2-3-7-18(16)19/h2-3,7-14,16H,4-6H2,1H3. The molecule has 1 aromatic carbocycles. The summed E-state index contributed by atoms with van der Waals surface area (Å²) in [5, 5.41) is 0. The monoisotopic (exact) mass is 304 g/mol. The molecule has 110 valence electrons. The van der Waals surface area contributed by atoms with Gasteiger partial charge in [0.05, 0.1) is 0 Å². The zero-order valence-electron chi connectivity index (χ0n) is 12.9. The molecule has 0 radical (unpaired) electrons. The summed E-state index contributed by atoms with van der Waals surface area (Å²) in [6.07, 6.45) is 13.0. The van der Waals surface area contributed by atoms with Gasteiger partial charge in [-0.2, -0.15) is 0 Å². The van der Waals surface area contributed by atoms with Crippen molar-refractivity contribution in [2.45, 2.75) is 26.2 Å². The maximum Gasteiger partial charge on any atom is 0.0349 e. The average Bonchev–Trinajstić information content (AvgIpc) is 3.05. The predicted octanol–water partition coefficient (Wildman–Crippen LogP) is 6.40. The van der Waals surface area contributed by atoms with E-state index in [1.54, 1.807) is 5.57 Å². The first-order valence-electron chi connectivity index (χ1n) is 8.06. The minimum atomic E-state index is 0.731. The lowest BCUT2D eigenvalue weighted by molar-refractivity contribution is 0.571. The Morgan fingerprint density at radius 2 is 1.82 bits per heavy atom. The minimum absolute atomic E-state index is 0.731. The molecule has 0 nitrogen and oxygen atoms in total. The van der Waals surface area contributed by atoms with Crippen LogP contribution in [-0.2, 0) is 0 Å². The Kier molecular flexibility index (Phi) is 3.59. The van der Waals surface area contributed by atoms with E-state index < -0.39 is 0 Å². The second kappa shape index (κ2) is 5.73. The number of benzene rings is 1. The van der Waals surface area contributed by atoms with E-state index in [1.807, 2.05) is 11.3 Å². The van der Waals surface area contributed by atoms with E-state index in [-0.39, 0.29) is 0 Å². The van der Waals surface area contributed by atoms with E-state index in [2.05, 4.69) is 67.6 Å². The summed E-state index contributed by atoms with van der Waals surface area (Å²) in [5.41, 5.74) is 5.67. The summed E-state index contributed by atoms with van der Waals surface area (Å²) in [6.45, 7) is 2.14. The quantitative estimate of drug-likeness (QED) is 0.602. The van der Waals surface area contributed by atoms with Gasteiger partial charge in [-0.05, 0) is 60.9 Å². The topological polar surface area (TPSA) is 0 Å². The Labute approximate surface area is 136 Å². The molecule has 1 atom stereocenters. The fraction of sp³-hybridized carbons (Fsp3) is 0.238. The van der Waals surface area contributed by atoms with Crippen molar-refractivity contribution in [3.8, 4) is 10.4 Å². The number of allylic oxidation sites excluding steroid dienone is 6. The molecule has 0 bridgehead atoms. The summed E-state index contributed by atoms with van der Waals surface area (Å²) in [5.74, 6) is 0.731. The Morgan fingerprint density at radius 3 is 2.68 bits per heavy atom. The third-order valence-corrected chi connectivity index (χ3v) is 5.82. The molecule has 0 N–H and O–H groups in total. The normalized spacial score (nSPS) is 20.3. The van der Waals surface area contributed by atoms with E-state index in [0.29, 0.717) is 0 Å². The van der Waals surface area contributed by atoms with Gasteiger partial charge in [0.2, 0.25) is 0 Å². The van der Waals surface area contributed by atoms with Crippen molar-refractivity contribution >= 4 is 16.9 Å². The summed E-state index contributed by atoms with van der Waals surface area (Å²) in [6, 6.07) is 13.4. The molecule has 0 spiro atoms. The zero-order valence-corrected chi connectivity index (χ0v) is 13.7. The highest BCUT2D eigenvalue weighted by atomic mass is 32.1. The molecule has 1 unspecified atom stereocenters. The number of hydrogen-bond acceptors (Lipinski definition) is 1. The van der Waals surface area contributed by atoms with Gasteiger partial charge in [0.15, 0.2) is 0 Å². The van der Waals surface area contributed by atoms with Crippen LogP contribution < -0.4 is 0 Å². The van der Waals surface area contributed by atoms with Crippen molar-refractivity contribution in [3.63, 3.8) is 0 Å². The van der Waals surface area contributed by atoms with Gasteiger partial charge in [0, 0.05) is 9.75 Å². The number of hydrogen-bond donors (Lipinski definition) is 0. The lowest BCUT2D eigenvalue weighted by atomic mass is 9.79. The Balaban J connectivity index is 1.69. The first-order chi connectivity index (χ1) is 10.8. The van der Waals surface area contributed by atoms with Gasteiger partial charge >= 0.3 is 0 Å². The van der Waals surface area contributed by atoms with Crippen LogP contribution in [0.2, 0.25) is 0 Å². The van der Waals surface area contributed by atoms with Gasteiger partial charge in [0.1, 0.15) is 0 Å². The van der Waals surface area contributed by atoms with Crippen LogP contribution in [0.25, 0.3) is 16.0 Å². The number of fused-ring (bicyclic) bond motifs is 1. The van der Waals surface area contributed by atoms with E-state index >= 15 is 0 Å². The number of rotatable bonds is 2. The molecule has 0 aliphatic heterocycles. The predicted molar refractivity (Wildman–Crippen MR) is 97.0 cm³/mol. The molecule has 4 rings (SSSR count). The minimum Gasteiger partial charge on any atom is -0.135 e. The van der Waals surface area contributed by atoms with Crippen LogP contribution in [0.3, 0.4) is 0 Å². The highest BCUT2D eigenvalue weighted by Gasteiger charge is 2.23. The molecule has 2 aromatic rings. The molecule has 1 heterocycles. The van der Waals surface area contributed by atoms with Crippen LogP contribution in [-0.4, -0.2) is 0 Å². The van der Waals surface area contributed by atoms with Crippen LogP contribution >= 0.6 is 11.3 Å². The molecule has 0 saturated carbocycles. The molecule has 0 saturated heterocycles. The van der Waals surface area contributed by atoms with Crippen LogP contribution in [0.4, 0.5) is 0 Å². The second-order valence-electron chi connectivity index (χ2n) is 6.21. The lowest BCUT2D eigenvalue weighted by Gasteiger charge is -2.27. The second-order valence-corrected chi connectivity index (χ2v) is 7.29. The average molecular weight is 304 g/mol. The van der Waals surface area contributed by atoms with Crippen molar-refractivity contribution in [1.82, 2.24) is 0 Å². The first-order valence-corrected chi connectivity index (χ1v) is 8.87. The van der Waals surface area contributed by atoms with Crippen LogP contribution in [0, 0.1) is 12.8 Å². The summed E-state index contributed by atoms with van der Waals surface area (Å²) in [4.78, 5) is 2.78. The summed E-state index contributed by atoms with van der Waals surface area (Å²) >= 11 is 1.92. The van der Waals surface area contributed by atoms with Gasteiger partial charge < -0.3 is 0 Å². The Morgan fingerprint density at radius 1 is 1.00 bits per heavy atom. The third kappa shape index (κ3) is 2.50. The van der Waals surface area contributed by atoms with E-state index in [0.717, 1.165) is 5.92 Å². The first kappa shape index (κ1) is 13.8. The zero-order chi connectivity index (χ0) is 14.9. The molecule has 1 aromatic heterocycles. The molecule has 22 heavy (non-hydrogen) atoms. The van der Waals surface area contributed by atoms with E-state index in [4.69, 9.17) is 0 Å². The Bertz CT molecular complexity index is 768. The largest absolute Gasteiger partial charge is 0.135 e. The highest BCUT2D eigenvalue weighted by Crippen LogP contribution is 2.43. The molecule has 0 fully saturated rings.